The van der Waals surface area contributed by atoms with Crippen LogP contribution in [-0.4, -0.2) is 9.97 Å². The molecule has 60 heavy (non-hydrogen) atoms. The van der Waals surface area contributed by atoms with E-state index in [9.17, 15) is 0 Å². The van der Waals surface area contributed by atoms with Crippen LogP contribution in [0.4, 0.5) is 0 Å². The molecule has 0 unspecified atom stereocenters. The maximum atomic E-state index is 5.16. The molecule has 9 aromatic rings. The maximum absolute atomic E-state index is 5.16. The fraction of sp³-hybridized carbons (Fsp3) is 0.172. The van der Waals surface area contributed by atoms with Crippen molar-refractivity contribution in [3.05, 3.63) is 193 Å². The lowest BCUT2D eigenvalue weighted by Crippen LogP contribution is -2.55. The largest absolute Gasteiger partial charge is 0.228 e. The van der Waals surface area contributed by atoms with Crippen molar-refractivity contribution in [2.45, 2.75) is 37.5 Å². The van der Waals surface area contributed by atoms with Crippen molar-refractivity contribution in [3.8, 4) is 67.3 Å². The van der Waals surface area contributed by atoms with Crippen LogP contribution in [0.3, 0.4) is 0 Å². The average Bonchev–Trinajstić information content (AvgIpc) is 3.59. The standard InChI is InChI=1S/C58H44N2/c1-3-13-39(14-4-1)53-35-54(60-57(59-53)42-15-5-2-6-16-42)40-22-24-41(25-23-40)55-47-19-10-9-12-38(47)26-27-49(55)48-20-11-21-51-56(48)50-33-43-17-7-8-18-44(43)34-52(50)58(51)45-29-36-28-37(31-45)32-46(58)30-36/h1-27,33-37,45-46H,28-32H2. The summed E-state index contributed by atoms with van der Waals surface area (Å²) in [7, 11) is 0. The van der Waals surface area contributed by atoms with E-state index in [4.69, 9.17) is 9.97 Å². The first kappa shape index (κ1) is 34.2. The lowest BCUT2D eigenvalue weighted by molar-refractivity contribution is -0.0398. The fourth-order valence-electron chi connectivity index (χ4n) is 12.8. The van der Waals surface area contributed by atoms with Crippen molar-refractivity contribution < 1.29 is 0 Å². The van der Waals surface area contributed by atoms with Gasteiger partial charge in [-0.2, -0.15) is 0 Å². The molecule has 1 heterocycles. The zero-order valence-corrected chi connectivity index (χ0v) is 33.6. The van der Waals surface area contributed by atoms with Gasteiger partial charge in [0, 0.05) is 22.1 Å². The van der Waals surface area contributed by atoms with Crippen molar-refractivity contribution in [1.82, 2.24) is 9.97 Å². The lowest BCUT2D eigenvalue weighted by atomic mass is 9.43. The van der Waals surface area contributed by atoms with Crippen molar-refractivity contribution >= 4 is 21.5 Å². The molecule has 1 spiro atoms. The minimum absolute atomic E-state index is 0.0888. The van der Waals surface area contributed by atoms with E-state index < -0.39 is 0 Å². The van der Waals surface area contributed by atoms with Gasteiger partial charge in [-0.3, -0.25) is 0 Å². The number of benzene rings is 8. The van der Waals surface area contributed by atoms with Gasteiger partial charge in [-0.25, -0.2) is 9.97 Å². The van der Waals surface area contributed by atoms with Crippen LogP contribution in [0.25, 0.3) is 88.8 Å². The zero-order valence-electron chi connectivity index (χ0n) is 33.6. The summed E-state index contributed by atoms with van der Waals surface area (Å²) in [5.41, 5.74) is 16.4. The Morgan fingerprint density at radius 3 is 1.63 bits per heavy atom. The molecule has 2 heteroatoms. The molecule has 0 saturated heterocycles. The van der Waals surface area contributed by atoms with Gasteiger partial charge >= 0.3 is 0 Å². The molecule has 4 bridgehead atoms. The molecule has 0 radical (unpaired) electrons. The summed E-state index contributed by atoms with van der Waals surface area (Å²) in [6.45, 7) is 0. The van der Waals surface area contributed by atoms with Crippen molar-refractivity contribution in [3.63, 3.8) is 0 Å². The van der Waals surface area contributed by atoms with Crippen molar-refractivity contribution in [2.24, 2.45) is 23.7 Å². The molecule has 8 aromatic carbocycles. The van der Waals surface area contributed by atoms with Gasteiger partial charge in [0.2, 0.25) is 0 Å². The molecule has 286 valence electrons. The summed E-state index contributed by atoms with van der Waals surface area (Å²) >= 11 is 0. The Morgan fingerprint density at radius 2 is 0.933 bits per heavy atom. The first-order valence-electron chi connectivity index (χ1n) is 22.0. The monoisotopic (exact) mass is 768 g/mol. The second kappa shape index (κ2) is 13.2. The van der Waals surface area contributed by atoms with Gasteiger partial charge in [-0.1, -0.05) is 164 Å². The van der Waals surface area contributed by atoms with E-state index in [-0.39, 0.29) is 5.41 Å². The smallest absolute Gasteiger partial charge is 0.160 e. The van der Waals surface area contributed by atoms with Gasteiger partial charge in [-0.15, -0.1) is 0 Å². The van der Waals surface area contributed by atoms with Gasteiger partial charge in [0.15, 0.2) is 5.82 Å². The molecular weight excluding hydrogens is 725 g/mol. The first-order valence-corrected chi connectivity index (χ1v) is 22.0. The Morgan fingerprint density at radius 1 is 0.367 bits per heavy atom. The molecule has 1 aromatic heterocycles. The van der Waals surface area contributed by atoms with E-state index in [0.29, 0.717) is 11.8 Å². The first-order chi connectivity index (χ1) is 29.7. The minimum Gasteiger partial charge on any atom is -0.228 e. The third-order valence-corrected chi connectivity index (χ3v) is 15.1. The number of rotatable bonds is 5. The summed E-state index contributed by atoms with van der Waals surface area (Å²) in [5, 5.41) is 5.25. The zero-order chi connectivity index (χ0) is 39.4. The van der Waals surface area contributed by atoms with Gasteiger partial charge in [0.05, 0.1) is 11.4 Å². The molecule has 14 rings (SSSR count). The van der Waals surface area contributed by atoms with Crippen LogP contribution in [-0.2, 0) is 5.41 Å². The highest BCUT2D eigenvalue weighted by Gasteiger charge is 2.61. The third-order valence-electron chi connectivity index (χ3n) is 15.1. The normalized spacial score (nSPS) is 22.1. The molecule has 2 nitrogen and oxygen atoms in total. The van der Waals surface area contributed by atoms with Crippen molar-refractivity contribution in [1.29, 1.82) is 0 Å². The second-order valence-electron chi connectivity index (χ2n) is 18.1. The van der Waals surface area contributed by atoms with Gasteiger partial charge in [0.25, 0.3) is 0 Å². The van der Waals surface area contributed by atoms with Crippen LogP contribution >= 0.6 is 0 Å². The highest BCUT2D eigenvalue weighted by atomic mass is 14.9. The molecule has 5 aliphatic carbocycles. The Bertz CT molecular complexity index is 3060. The quantitative estimate of drug-likeness (QED) is 0.174. The fourth-order valence-corrected chi connectivity index (χ4v) is 12.8. The number of hydrogen-bond donors (Lipinski definition) is 0. The highest BCUT2D eigenvalue weighted by Crippen LogP contribution is 2.70. The highest BCUT2D eigenvalue weighted by molar-refractivity contribution is 6.08. The van der Waals surface area contributed by atoms with Crippen LogP contribution < -0.4 is 0 Å². The predicted octanol–water partition coefficient (Wildman–Crippen LogP) is 14.8. The number of nitrogens with zero attached hydrogens (tertiary/aromatic N) is 2. The van der Waals surface area contributed by atoms with Crippen LogP contribution in [0.1, 0.15) is 43.2 Å². The number of hydrogen-bond acceptors (Lipinski definition) is 2. The van der Waals surface area contributed by atoms with E-state index in [0.717, 1.165) is 45.7 Å². The van der Waals surface area contributed by atoms with Crippen LogP contribution in [0, 0.1) is 23.7 Å². The molecule has 5 aliphatic rings. The summed E-state index contributed by atoms with van der Waals surface area (Å²) < 4.78 is 0. The Labute approximate surface area is 351 Å². The molecule has 0 N–H and O–H groups in total. The Hall–Kier alpha value is -6.64. The maximum Gasteiger partial charge on any atom is 0.160 e. The molecule has 0 amide bonds. The van der Waals surface area contributed by atoms with E-state index >= 15 is 0 Å². The van der Waals surface area contributed by atoms with E-state index in [2.05, 4.69) is 176 Å². The summed E-state index contributed by atoms with van der Waals surface area (Å²) in [6, 6.07) is 67.3. The summed E-state index contributed by atoms with van der Waals surface area (Å²) in [6.07, 6.45) is 6.97. The molecule has 0 atom stereocenters. The Kier molecular flexibility index (Phi) is 7.52. The SMILES string of the molecule is c1ccc(-c2cc(-c3ccc(-c4c(-c5cccc6c5-c5cc7ccccc7cc5C65C6CC7CC(C6)CC5C7)ccc5ccccc45)cc3)nc(-c3ccccc3)n2)cc1. The van der Waals surface area contributed by atoms with E-state index in [1.807, 2.05) is 6.07 Å². The second-order valence-corrected chi connectivity index (χ2v) is 18.1. The molecular formula is C58H44N2. The van der Waals surface area contributed by atoms with Crippen molar-refractivity contribution in [2.75, 3.05) is 0 Å². The molecule has 4 saturated carbocycles. The average molecular weight is 769 g/mol. The molecule has 0 aliphatic heterocycles. The minimum atomic E-state index is 0.0888. The van der Waals surface area contributed by atoms with E-state index in [1.54, 1.807) is 11.1 Å². The van der Waals surface area contributed by atoms with Crippen LogP contribution in [0.15, 0.2) is 182 Å². The number of fused-ring (bicyclic) bond motifs is 5. The number of aromatic nitrogens is 2. The topological polar surface area (TPSA) is 25.8 Å². The summed E-state index contributed by atoms with van der Waals surface area (Å²) in [5.74, 6) is 3.96. The van der Waals surface area contributed by atoms with Gasteiger partial charge < -0.3 is 0 Å². The third kappa shape index (κ3) is 5.07. The van der Waals surface area contributed by atoms with Gasteiger partial charge in [-0.05, 0) is 140 Å². The Balaban J connectivity index is 1.00. The predicted molar refractivity (Wildman–Crippen MR) is 247 cm³/mol. The van der Waals surface area contributed by atoms with E-state index in [1.165, 1.54) is 87.0 Å². The van der Waals surface area contributed by atoms with Crippen LogP contribution in [0.5, 0.6) is 0 Å². The van der Waals surface area contributed by atoms with Gasteiger partial charge in [0.1, 0.15) is 0 Å². The lowest BCUT2D eigenvalue weighted by Gasteiger charge is -2.61. The summed E-state index contributed by atoms with van der Waals surface area (Å²) in [4.78, 5) is 10.2. The molecule has 4 fully saturated rings. The van der Waals surface area contributed by atoms with Crippen LogP contribution in [0.2, 0.25) is 0 Å².